The van der Waals surface area contributed by atoms with Gasteiger partial charge in [0.2, 0.25) is 0 Å². The predicted molar refractivity (Wildman–Crippen MR) is 38.8 cm³/mol. The number of nitrogens with zero attached hydrogens (tertiary/aromatic N) is 2. The van der Waals surface area contributed by atoms with Gasteiger partial charge < -0.3 is 0 Å². The van der Waals surface area contributed by atoms with Crippen LogP contribution >= 0.6 is 11.9 Å². The molecule has 2 nitrogen and oxygen atoms in total. The van der Waals surface area contributed by atoms with E-state index in [4.69, 9.17) is 5.26 Å². The van der Waals surface area contributed by atoms with Crippen LogP contribution in [-0.4, -0.2) is 23.7 Å². The summed E-state index contributed by atoms with van der Waals surface area (Å²) < 4.78 is 2.20. The van der Waals surface area contributed by atoms with E-state index >= 15 is 0 Å². The van der Waals surface area contributed by atoms with Crippen molar-refractivity contribution < 1.29 is 0 Å². The summed E-state index contributed by atoms with van der Waals surface area (Å²) in [4.78, 5) is 0. The second-order valence-electron chi connectivity index (χ2n) is 1.91. The molecule has 1 fully saturated rings. The molecule has 3 heteroatoms. The maximum absolute atomic E-state index is 8.21. The van der Waals surface area contributed by atoms with E-state index < -0.39 is 0 Å². The molecule has 0 aromatic heterocycles. The Balaban J connectivity index is 2.28. The summed E-state index contributed by atoms with van der Waals surface area (Å²) in [6.45, 7) is 1.93. The van der Waals surface area contributed by atoms with Gasteiger partial charge in [0, 0.05) is 19.2 Å². The molecule has 0 aromatic carbocycles. The molecule has 0 aliphatic carbocycles. The lowest BCUT2D eigenvalue weighted by atomic mass is 10.1. The van der Waals surface area contributed by atoms with Gasteiger partial charge in [-0.25, -0.2) is 4.31 Å². The minimum atomic E-state index is 0.967. The van der Waals surface area contributed by atoms with Crippen LogP contribution < -0.4 is 0 Å². The third-order valence-corrected chi connectivity index (χ3v) is 2.06. The van der Waals surface area contributed by atoms with Crippen LogP contribution in [0.2, 0.25) is 0 Å². The first-order valence-electron chi connectivity index (χ1n) is 2.73. The van der Waals surface area contributed by atoms with E-state index in [0.717, 1.165) is 13.1 Å². The molecule has 1 rings (SSSR count). The largest absolute Gasteiger partial charge is 0.243 e. The highest BCUT2D eigenvalue weighted by Gasteiger charge is 2.17. The number of nitriles is 1. The molecule has 1 saturated heterocycles. The smallest absolute Gasteiger partial charge is 0.0912 e. The summed E-state index contributed by atoms with van der Waals surface area (Å²) in [5.74, 6) is 0. The quantitative estimate of drug-likeness (QED) is 0.402. The Morgan fingerprint density at radius 3 is 2.89 bits per heavy atom. The fraction of sp³-hybridized carbons (Fsp3) is 0.500. The van der Waals surface area contributed by atoms with Gasteiger partial charge in [-0.1, -0.05) is 11.9 Å². The van der Waals surface area contributed by atoms with Crippen LogP contribution in [0.1, 0.15) is 0 Å². The van der Waals surface area contributed by atoms with Gasteiger partial charge >= 0.3 is 0 Å². The van der Waals surface area contributed by atoms with Crippen LogP contribution in [0.4, 0.5) is 0 Å². The van der Waals surface area contributed by atoms with Gasteiger partial charge in [-0.3, -0.25) is 0 Å². The van der Waals surface area contributed by atoms with Gasteiger partial charge in [0.05, 0.1) is 6.07 Å². The first-order valence-corrected chi connectivity index (χ1v) is 3.91. The second kappa shape index (κ2) is 2.90. The van der Waals surface area contributed by atoms with Crippen LogP contribution in [0.25, 0.3) is 0 Å². The first-order chi connectivity index (χ1) is 4.36. The molecule has 0 atom stereocenters. The molecule has 0 aromatic rings. The third-order valence-electron chi connectivity index (χ3n) is 1.29. The van der Waals surface area contributed by atoms with E-state index in [9.17, 15) is 0 Å². The Morgan fingerprint density at radius 1 is 1.78 bits per heavy atom. The fourth-order valence-electron chi connectivity index (χ4n) is 0.718. The lowest BCUT2D eigenvalue weighted by Crippen LogP contribution is -2.33. The van der Waals surface area contributed by atoms with E-state index in [0.29, 0.717) is 0 Å². The normalized spacial score (nSPS) is 18.4. The SMILES string of the molecule is CSN1CC(=CC#N)C1. The summed E-state index contributed by atoms with van der Waals surface area (Å²) >= 11 is 1.72. The Hall–Kier alpha value is -0.460. The number of rotatable bonds is 1. The zero-order chi connectivity index (χ0) is 6.69. The topological polar surface area (TPSA) is 27.0 Å². The van der Waals surface area contributed by atoms with Gasteiger partial charge in [-0.05, 0) is 11.8 Å². The van der Waals surface area contributed by atoms with E-state index in [-0.39, 0.29) is 0 Å². The van der Waals surface area contributed by atoms with Gasteiger partial charge in [-0.2, -0.15) is 5.26 Å². The van der Waals surface area contributed by atoms with Crippen LogP contribution in [-0.2, 0) is 0 Å². The highest BCUT2D eigenvalue weighted by atomic mass is 32.2. The Bertz CT molecular complexity index is 160. The summed E-state index contributed by atoms with van der Waals surface area (Å²) in [6, 6.07) is 2.02. The fourth-order valence-corrected chi connectivity index (χ4v) is 1.31. The maximum atomic E-state index is 8.21. The molecule has 0 amide bonds. The number of hydrogen-bond acceptors (Lipinski definition) is 3. The van der Waals surface area contributed by atoms with Crippen molar-refractivity contribution in [3.63, 3.8) is 0 Å². The summed E-state index contributed by atoms with van der Waals surface area (Å²) in [7, 11) is 0. The van der Waals surface area contributed by atoms with Gasteiger partial charge in [0.15, 0.2) is 0 Å². The van der Waals surface area contributed by atoms with E-state index in [2.05, 4.69) is 4.31 Å². The first kappa shape index (κ1) is 6.66. The molecule has 0 unspecified atom stereocenters. The van der Waals surface area contributed by atoms with E-state index in [1.165, 1.54) is 5.57 Å². The predicted octanol–water partition coefficient (Wildman–Crippen LogP) is 1.03. The molecule has 1 aliphatic rings. The lowest BCUT2D eigenvalue weighted by molar-refractivity contribution is 0.449. The maximum Gasteiger partial charge on any atom is 0.0912 e. The Kier molecular flexibility index (Phi) is 2.15. The second-order valence-corrected chi connectivity index (χ2v) is 2.79. The minimum Gasteiger partial charge on any atom is -0.243 e. The summed E-state index contributed by atoms with van der Waals surface area (Å²) in [6.07, 6.45) is 3.68. The van der Waals surface area contributed by atoms with Gasteiger partial charge in [-0.15, -0.1) is 0 Å². The van der Waals surface area contributed by atoms with Crippen molar-refractivity contribution in [2.45, 2.75) is 0 Å². The molecule has 1 heterocycles. The molecule has 0 saturated carbocycles. The van der Waals surface area contributed by atoms with Crippen molar-refractivity contribution in [3.05, 3.63) is 11.6 Å². The van der Waals surface area contributed by atoms with Crippen LogP contribution in [0, 0.1) is 11.3 Å². The molecule has 0 N–H and O–H groups in total. The van der Waals surface area contributed by atoms with Gasteiger partial charge in [0.25, 0.3) is 0 Å². The molecular formula is C6H8N2S. The lowest BCUT2D eigenvalue weighted by Gasteiger charge is -2.30. The molecule has 0 bridgehead atoms. The van der Waals surface area contributed by atoms with E-state index in [1.54, 1.807) is 18.0 Å². The molecule has 0 radical (unpaired) electrons. The monoisotopic (exact) mass is 140 g/mol. The van der Waals surface area contributed by atoms with Crippen molar-refractivity contribution in [2.75, 3.05) is 19.3 Å². The zero-order valence-electron chi connectivity index (χ0n) is 5.29. The number of allylic oxidation sites excluding steroid dienone is 1. The molecule has 0 spiro atoms. The van der Waals surface area contributed by atoms with Crippen LogP contribution in [0.3, 0.4) is 0 Å². The summed E-state index contributed by atoms with van der Waals surface area (Å²) in [5, 5.41) is 8.21. The van der Waals surface area contributed by atoms with Crippen molar-refractivity contribution in [1.82, 2.24) is 4.31 Å². The molecule has 9 heavy (non-hydrogen) atoms. The van der Waals surface area contributed by atoms with Crippen molar-refractivity contribution >= 4 is 11.9 Å². The molecule has 48 valence electrons. The average molecular weight is 140 g/mol. The summed E-state index contributed by atoms with van der Waals surface area (Å²) in [5.41, 5.74) is 1.24. The Morgan fingerprint density at radius 2 is 2.44 bits per heavy atom. The van der Waals surface area contributed by atoms with E-state index in [1.807, 2.05) is 12.3 Å². The van der Waals surface area contributed by atoms with Crippen molar-refractivity contribution in [2.24, 2.45) is 0 Å². The van der Waals surface area contributed by atoms with Crippen LogP contribution in [0.5, 0.6) is 0 Å². The Labute approximate surface area is 59.3 Å². The zero-order valence-corrected chi connectivity index (χ0v) is 6.11. The standard InChI is InChI=1S/C6H8N2S/c1-9-8-4-6(5-8)2-3-7/h2H,4-5H2,1H3. The molecular weight excluding hydrogens is 132 g/mol. The van der Waals surface area contributed by atoms with Gasteiger partial charge in [0.1, 0.15) is 0 Å². The number of hydrogen-bond donors (Lipinski definition) is 0. The average Bonchev–Trinajstić information content (AvgIpc) is 1.77. The van der Waals surface area contributed by atoms with Crippen molar-refractivity contribution in [3.8, 4) is 6.07 Å². The van der Waals surface area contributed by atoms with Crippen molar-refractivity contribution in [1.29, 1.82) is 5.26 Å². The highest BCUT2D eigenvalue weighted by Crippen LogP contribution is 2.20. The van der Waals surface area contributed by atoms with Crippen LogP contribution in [0.15, 0.2) is 11.6 Å². The highest BCUT2D eigenvalue weighted by molar-refractivity contribution is 7.96. The minimum absolute atomic E-state index is 0.967. The molecule has 1 aliphatic heterocycles. The third kappa shape index (κ3) is 1.47.